The third kappa shape index (κ3) is 3.61. The molecule has 146 valence electrons. The molecule has 0 spiro atoms. The van der Waals surface area contributed by atoms with Gasteiger partial charge in [0.25, 0.3) is 0 Å². The summed E-state index contributed by atoms with van der Waals surface area (Å²) in [7, 11) is 0. The minimum absolute atomic E-state index is 0.00818. The number of carbonyl (C=O) groups excluding carboxylic acids is 2. The number of benzene rings is 2. The van der Waals surface area contributed by atoms with Crippen molar-refractivity contribution in [2.45, 2.75) is 38.0 Å². The van der Waals surface area contributed by atoms with Crippen LogP contribution < -0.4 is 16.0 Å². The lowest BCUT2D eigenvalue weighted by atomic mass is 9.93. The van der Waals surface area contributed by atoms with E-state index < -0.39 is 0 Å². The molecule has 1 saturated carbocycles. The number of piperidine rings is 1. The molecule has 2 aliphatic rings. The zero-order valence-corrected chi connectivity index (χ0v) is 16.3. The third-order valence-corrected chi connectivity index (χ3v) is 6.14. The number of nitrogens with zero attached hydrogens (tertiary/aromatic N) is 1. The summed E-state index contributed by atoms with van der Waals surface area (Å²) >= 11 is 0. The Balaban J connectivity index is 1.40. The summed E-state index contributed by atoms with van der Waals surface area (Å²) in [5.74, 6) is -0.125. The van der Waals surface area contributed by atoms with Crippen LogP contribution in [-0.4, -0.2) is 24.9 Å². The van der Waals surface area contributed by atoms with Crippen molar-refractivity contribution < 1.29 is 9.59 Å². The summed E-state index contributed by atoms with van der Waals surface area (Å²) in [5, 5.41) is 3.10. The van der Waals surface area contributed by atoms with Crippen molar-refractivity contribution in [3.05, 3.63) is 59.7 Å². The predicted molar refractivity (Wildman–Crippen MR) is 111 cm³/mol. The first-order valence-electron chi connectivity index (χ1n) is 10.0. The van der Waals surface area contributed by atoms with E-state index in [-0.39, 0.29) is 23.1 Å². The van der Waals surface area contributed by atoms with E-state index in [0.717, 1.165) is 55.7 Å². The number of nitrogens with one attached hydrogen (secondary N) is 1. The van der Waals surface area contributed by atoms with Gasteiger partial charge in [0.05, 0.1) is 5.41 Å². The summed E-state index contributed by atoms with van der Waals surface area (Å²) < 4.78 is 0. The molecule has 1 aliphatic heterocycles. The highest BCUT2D eigenvalue weighted by Gasteiger charge is 2.51. The molecule has 2 amide bonds. The lowest BCUT2D eigenvalue weighted by molar-refractivity contribution is -0.122. The van der Waals surface area contributed by atoms with Gasteiger partial charge in [-0.1, -0.05) is 29.8 Å². The molecular formula is C23H27N3O2. The molecule has 0 bridgehead atoms. The van der Waals surface area contributed by atoms with Crippen molar-refractivity contribution in [3.8, 4) is 0 Å². The monoisotopic (exact) mass is 377 g/mol. The molecule has 4 rings (SSSR count). The van der Waals surface area contributed by atoms with Gasteiger partial charge in [-0.3, -0.25) is 9.59 Å². The van der Waals surface area contributed by atoms with Gasteiger partial charge in [0.2, 0.25) is 11.8 Å². The van der Waals surface area contributed by atoms with Crippen molar-refractivity contribution in [1.29, 1.82) is 0 Å². The Kier molecular flexibility index (Phi) is 4.84. The topological polar surface area (TPSA) is 75.4 Å². The van der Waals surface area contributed by atoms with Crippen LogP contribution in [0.15, 0.2) is 48.5 Å². The number of carbonyl (C=O) groups is 2. The molecule has 28 heavy (non-hydrogen) atoms. The van der Waals surface area contributed by atoms with Crippen molar-refractivity contribution in [2.75, 3.05) is 23.3 Å². The van der Waals surface area contributed by atoms with Crippen LogP contribution in [0.3, 0.4) is 0 Å². The highest BCUT2D eigenvalue weighted by atomic mass is 16.2. The molecule has 2 aromatic rings. The molecule has 5 nitrogen and oxygen atoms in total. The summed E-state index contributed by atoms with van der Waals surface area (Å²) in [6.45, 7) is 3.72. The van der Waals surface area contributed by atoms with Gasteiger partial charge in [0, 0.05) is 30.4 Å². The molecule has 0 aromatic heterocycles. The lowest BCUT2D eigenvalue weighted by Gasteiger charge is -2.32. The maximum atomic E-state index is 12.9. The second-order valence-electron chi connectivity index (χ2n) is 8.12. The minimum Gasteiger partial charge on any atom is -0.371 e. The zero-order chi connectivity index (χ0) is 19.7. The van der Waals surface area contributed by atoms with E-state index in [1.165, 1.54) is 5.56 Å². The van der Waals surface area contributed by atoms with Gasteiger partial charge in [-0.15, -0.1) is 0 Å². The smallest absolute Gasteiger partial charge is 0.235 e. The first-order chi connectivity index (χ1) is 13.5. The van der Waals surface area contributed by atoms with Crippen molar-refractivity contribution in [2.24, 2.45) is 11.7 Å². The average Bonchev–Trinajstić information content (AvgIpc) is 3.51. The van der Waals surface area contributed by atoms with E-state index in [2.05, 4.69) is 35.3 Å². The second kappa shape index (κ2) is 7.30. The van der Waals surface area contributed by atoms with Crippen LogP contribution in [0.2, 0.25) is 0 Å². The first kappa shape index (κ1) is 18.5. The van der Waals surface area contributed by atoms with Crippen LogP contribution in [0, 0.1) is 12.8 Å². The van der Waals surface area contributed by atoms with Crippen molar-refractivity contribution in [1.82, 2.24) is 0 Å². The number of nitrogens with two attached hydrogens (primary N) is 1. The van der Waals surface area contributed by atoms with Gasteiger partial charge in [-0.05, 0) is 62.4 Å². The highest BCUT2D eigenvalue weighted by Crippen LogP contribution is 2.49. The van der Waals surface area contributed by atoms with Crippen LogP contribution >= 0.6 is 0 Å². The SMILES string of the molecule is Cc1cccc(C2(C(=O)Nc3ccc(N4CCC(C(N)=O)CC4)cc3)CC2)c1. The van der Waals surface area contributed by atoms with Gasteiger partial charge in [0.15, 0.2) is 0 Å². The lowest BCUT2D eigenvalue weighted by Crippen LogP contribution is -2.38. The van der Waals surface area contributed by atoms with Crippen LogP contribution in [0.4, 0.5) is 11.4 Å². The molecule has 1 aliphatic carbocycles. The number of anilines is 2. The Labute approximate surface area is 165 Å². The number of rotatable bonds is 5. The summed E-state index contributed by atoms with van der Waals surface area (Å²) in [6, 6.07) is 16.2. The molecular weight excluding hydrogens is 350 g/mol. The van der Waals surface area contributed by atoms with Crippen LogP contribution in [0.1, 0.15) is 36.8 Å². The van der Waals surface area contributed by atoms with Gasteiger partial charge >= 0.3 is 0 Å². The molecule has 0 atom stereocenters. The van der Waals surface area contributed by atoms with E-state index >= 15 is 0 Å². The van der Waals surface area contributed by atoms with Gasteiger partial charge in [-0.25, -0.2) is 0 Å². The standard InChI is InChI=1S/C23H27N3O2/c1-16-3-2-4-18(15-16)23(11-12-23)22(28)25-19-5-7-20(8-6-19)26-13-9-17(10-14-26)21(24)27/h2-8,15,17H,9-14H2,1H3,(H2,24,27)(H,25,28). The van der Waals surface area contributed by atoms with Gasteiger partial charge in [-0.2, -0.15) is 0 Å². The molecule has 0 unspecified atom stereocenters. The van der Waals surface area contributed by atoms with E-state index in [1.807, 2.05) is 30.3 Å². The largest absolute Gasteiger partial charge is 0.371 e. The first-order valence-corrected chi connectivity index (χ1v) is 10.0. The zero-order valence-electron chi connectivity index (χ0n) is 16.3. The van der Waals surface area contributed by atoms with Gasteiger partial charge < -0.3 is 16.0 Å². The van der Waals surface area contributed by atoms with E-state index in [1.54, 1.807) is 0 Å². The van der Waals surface area contributed by atoms with Gasteiger partial charge in [0.1, 0.15) is 0 Å². The molecule has 3 N–H and O–H groups in total. The fourth-order valence-electron chi connectivity index (χ4n) is 4.14. The van der Waals surface area contributed by atoms with E-state index in [0.29, 0.717) is 0 Å². The Morgan fingerprint density at radius 2 is 1.75 bits per heavy atom. The summed E-state index contributed by atoms with van der Waals surface area (Å²) in [6.07, 6.45) is 3.39. The molecule has 2 fully saturated rings. The third-order valence-electron chi connectivity index (χ3n) is 6.14. The summed E-state index contributed by atoms with van der Waals surface area (Å²) in [4.78, 5) is 26.5. The predicted octanol–water partition coefficient (Wildman–Crippen LogP) is 3.37. The number of hydrogen-bond acceptors (Lipinski definition) is 3. The van der Waals surface area contributed by atoms with Crippen molar-refractivity contribution in [3.63, 3.8) is 0 Å². The van der Waals surface area contributed by atoms with Crippen LogP contribution in [0.25, 0.3) is 0 Å². The quantitative estimate of drug-likeness (QED) is 0.839. The van der Waals surface area contributed by atoms with Crippen LogP contribution in [-0.2, 0) is 15.0 Å². The average molecular weight is 377 g/mol. The van der Waals surface area contributed by atoms with Crippen molar-refractivity contribution >= 4 is 23.2 Å². The maximum absolute atomic E-state index is 12.9. The Hall–Kier alpha value is -2.82. The highest BCUT2D eigenvalue weighted by molar-refractivity contribution is 6.01. The Morgan fingerprint density at radius 1 is 1.07 bits per heavy atom. The normalized spacial score (nSPS) is 18.5. The fourth-order valence-corrected chi connectivity index (χ4v) is 4.14. The van der Waals surface area contributed by atoms with E-state index in [4.69, 9.17) is 5.73 Å². The maximum Gasteiger partial charge on any atom is 0.235 e. The molecule has 0 radical (unpaired) electrons. The molecule has 1 saturated heterocycles. The Morgan fingerprint density at radius 3 is 2.32 bits per heavy atom. The molecule has 5 heteroatoms. The van der Waals surface area contributed by atoms with Crippen LogP contribution in [0.5, 0.6) is 0 Å². The number of hydrogen-bond donors (Lipinski definition) is 2. The molecule has 1 heterocycles. The number of amides is 2. The minimum atomic E-state index is -0.374. The number of aryl methyl sites for hydroxylation is 1. The van der Waals surface area contributed by atoms with E-state index in [9.17, 15) is 9.59 Å². The second-order valence-corrected chi connectivity index (χ2v) is 8.12. The molecule has 2 aromatic carbocycles. The number of primary amides is 1. The summed E-state index contributed by atoms with van der Waals surface area (Å²) in [5.41, 5.74) is 9.26. The Bertz CT molecular complexity index is 879. The fraction of sp³-hybridized carbons (Fsp3) is 0.391.